The molecule has 1 fully saturated rings. The molecule has 7 heteroatoms. The van der Waals surface area contributed by atoms with E-state index in [1.165, 1.54) is 55.3 Å². The zero-order chi connectivity index (χ0) is 26.0. The van der Waals surface area contributed by atoms with Crippen molar-refractivity contribution in [2.75, 3.05) is 25.3 Å². The highest BCUT2D eigenvalue weighted by Crippen LogP contribution is 2.46. The van der Waals surface area contributed by atoms with Gasteiger partial charge in [-0.2, -0.15) is 0 Å². The van der Waals surface area contributed by atoms with Gasteiger partial charge in [-0.25, -0.2) is 9.97 Å². The number of carbonyl (C=O) groups is 1. The first-order valence-corrected chi connectivity index (χ1v) is 15.2. The Morgan fingerprint density at radius 2 is 1.89 bits per heavy atom. The van der Waals surface area contributed by atoms with Crippen LogP contribution in [0.1, 0.15) is 67.9 Å². The lowest BCUT2D eigenvalue weighted by molar-refractivity contribution is -0.627. The molecule has 1 aromatic heterocycles. The number of aromatic nitrogens is 2. The molecule has 2 aromatic carbocycles. The van der Waals surface area contributed by atoms with E-state index < -0.39 is 0 Å². The molecule has 1 amide bonds. The lowest BCUT2D eigenvalue weighted by atomic mass is 9.69. The van der Waals surface area contributed by atoms with Crippen molar-refractivity contribution < 1.29 is 14.8 Å². The van der Waals surface area contributed by atoms with E-state index in [9.17, 15) is 4.79 Å². The van der Waals surface area contributed by atoms with Gasteiger partial charge in [-0.15, -0.1) is 0 Å². The van der Waals surface area contributed by atoms with Crippen LogP contribution in [0.5, 0.6) is 5.75 Å². The Balaban J connectivity index is 1.36. The molecule has 198 valence electrons. The van der Waals surface area contributed by atoms with Crippen LogP contribution in [0, 0.1) is 5.92 Å². The lowest BCUT2D eigenvalue weighted by Crippen LogP contribution is -2.79. The summed E-state index contributed by atoms with van der Waals surface area (Å²) in [6.07, 6.45) is 8.54. The fourth-order valence-electron chi connectivity index (χ4n) is 5.28. The average molecular weight is 616 g/mol. The largest absolute Gasteiger partial charge is 0.483 e. The lowest BCUT2D eigenvalue weighted by Gasteiger charge is -2.37. The van der Waals surface area contributed by atoms with Gasteiger partial charge >= 0.3 is 0 Å². The minimum Gasteiger partial charge on any atom is -0.483 e. The zero-order valence-electron chi connectivity index (χ0n) is 22.2. The molecule has 1 aliphatic rings. The second-order valence-corrected chi connectivity index (χ2v) is 10.8. The smallest absolute Gasteiger partial charge is 0.222 e. The molecule has 3 aromatic rings. The quantitative estimate of drug-likeness (QED) is 0.153. The molecule has 1 unspecified atom stereocenters. The first kappa shape index (κ1) is 27.8. The molecule has 37 heavy (non-hydrogen) atoms. The Hall–Kier alpha value is -2.26. The number of rotatable bonds is 14. The van der Waals surface area contributed by atoms with Crippen LogP contribution < -0.4 is 10.1 Å². The Labute approximate surface area is 234 Å². The molecular formula is C30H40IN4O2+. The summed E-state index contributed by atoms with van der Waals surface area (Å²) in [7, 11) is 4.01. The molecule has 6 nitrogen and oxygen atoms in total. The molecule has 2 N–H and O–H groups in total. The molecule has 0 spiro atoms. The maximum atomic E-state index is 12.9. The molecule has 4 rings (SSSR count). The number of hydrogen-bond acceptors (Lipinski definition) is 4. The van der Waals surface area contributed by atoms with Gasteiger partial charge in [0.25, 0.3) is 0 Å². The Bertz CT molecular complexity index is 1150. The van der Waals surface area contributed by atoms with Gasteiger partial charge in [-0.1, -0.05) is 30.3 Å². The van der Waals surface area contributed by atoms with Crippen molar-refractivity contribution in [3.8, 4) is 5.75 Å². The van der Waals surface area contributed by atoms with Gasteiger partial charge in [0.1, 0.15) is 16.2 Å². The van der Waals surface area contributed by atoms with E-state index >= 15 is 0 Å². The minimum absolute atomic E-state index is 0.137. The van der Waals surface area contributed by atoms with Crippen molar-refractivity contribution in [2.24, 2.45) is 5.92 Å². The van der Waals surface area contributed by atoms with E-state index in [1.807, 2.05) is 25.2 Å². The standard InChI is InChI=1S/C30H39IN4O2/c1-32-19-6-5-9-23-15-18-25(23)30-26-10-3-4-11-27(26)33-28(34-30)20-35(2)29(36)12-7-8-22-13-16-24(17-14-22)37-21-31/h3-4,10-11,13-14,16-17,23,25,32H,5-9,12,15,18-21H2,1-2H3/p+1/t23?,25-/m0/s1. The molecule has 0 aliphatic heterocycles. The second-order valence-electron chi connectivity index (χ2n) is 10.2. The van der Waals surface area contributed by atoms with Crippen molar-refractivity contribution in [3.63, 3.8) is 0 Å². The molecule has 1 saturated carbocycles. The van der Waals surface area contributed by atoms with Crippen molar-refractivity contribution in [1.29, 1.82) is 0 Å². The Morgan fingerprint density at radius 1 is 1.08 bits per heavy atom. The highest BCUT2D eigenvalue weighted by Gasteiger charge is 2.34. The number of nitrogens with two attached hydrogens (primary N) is 1. The number of para-hydroxylation sites is 1. The summed E-state index contributed by atoms with van der Waals surface area (Å²) in [6.45, 7) is 1.65. The molecule has 0 saturated heterocycles. The van der Waals surface area contributed by atoms with Gasteiger partial charge in [0.15, 0.2) is 0 Å². The fourth-order valence-corrected chi connectivity index (χ4v) is 5.64. The number of aryl methyl sites for hydroxylation is 1. The summed E-state index contributed by atoms with van der Waals surface area (Å²) in [5, 5.41) is 3.44. The number of benzene rings is 2. The van der Waals surface area contributed by atoms with Crippen LogP contribution in [0.3, 0.4) is 0 Å². The second kappa shape index (κ2) is 14.0. The number of halogens is 1. The number of fused-ring (bicyclic) bond motifs is 1. The number of quaternary nitrogens is 1. The summed E-state index contributed by atoms with van der Waals surface area (Å²) >= 11 is 2.19. The highest BCUT2D eigenvalue weighted by atomic mass is 127. The van der Waals surface area contributed by atoms with Gasteiger partial charge < -0.3 is 15.0 Å². The van der Waals surface area contributed by atoms with Gasteiger partial charge in [-0.05, 0) is 97.2 Å². The van der Waals surface area contributed by atoms with Crippen LogP contribution in [0.2, 0.25) is 0 Å². The summed E-state index contributed by atoms with van der Waals surface area (Å²) in [4.78, 5) is 24.6. The molecule has 1 heterocycles. The first-order chi connectivity index (χ1) is 18.1. The summed E-state index contributed by atoms with van der Waals surface area (Å²) < 4.78 is 6.14. The topological polar surface area (TPSA) is 71.9 Å². The third-order valence-electron chi connectivity index (χ3n) is 7.57. The maximum absolute atomic E-state index is 12.9. The number of nitrogens with zero attached hydrogens (tertiary/aromatic N) is 3. The van der Waals surface area contributed by atoms with E-state index in [0.717, 1.165) is 29.9 Å². The number of amides is 1. The minimum atomic E-state index is 0.137. The van der Waals surface area contributed by atoms with Crippen molar-refractivity contribution in [2.45, 2.75) is 63.8 Å². The first-order valence-electron chi connectivity index (χ1n) is 13.6. The zero-order valence-corrected chi connectivity index (χ0v) is 24.3. The Kier molecular flexibility index (Phi) is 10.5. The van der Waals surface area contributed by atoms with E-state index in [-0.39, 0.29) is 5.91 Å². The number of ether oxygens (including phenoxy) is 1. The van der Waals surface area contributed by atoms with E-state index in [2.05, 4.69) is 65.3 Å². The van der Waals surface area contributed by atoms with Gasteiger partial charge in [0.2, 0.25) is 5.91 Å². The fraction of sp³-hybridized carbons (Fsp3) is 0.500. The molecule has 0 bridgehead atoms. The summed E-state index contributed by atoms with van der Waals surface area (Å²) in [5.41, 5.74) is 3.40. The van der Waals surface area contributed by atoms with Crippen LogP contribution in [0.15, 0.2) is 48.5 Å². The highest BCUT2D eigenvalue weighted by molar-refractivity contribution is 14.1. The van der Waals surface area contributed by atoms with Crippen LogP contribution in [0.4, 0.5) is 0 Å². The van der Waals surface area contributed by atoms with Gasteiger partial charge in [0.05, 0.1) is 31.3 Å². The average Bonchev–Trinajstić information content (AvgIpc) is 2.89. The number of hydrogen-bond donors (Lipinski definition) is 1. The van der Waals surface area contributed by atoms with E-state index in [1.54, 1.807) is 4.90 Å². The third-order valence-corrected chi connectivity index (χ3v) is 7.88. The normalized spacial score (nSPS) is 16.9. The van der Waals surface area contributed by atoms with Crippen LogP contribution in [0.25, 0.3) is 10.9 Å². The number of alkyl halides is 1. The molecule has 1 aliphatic carbocycles. The van der Waals surface area contributed by atoms with E-state index in [0.29, 0.717) is 29.4 Å². The molecular weight excluding hydrogens is 575 g/mol. The van der Waals surface area contributed by atoms with Crippen LogP contribution in [-0.2, 0) is 17.8 Å². The van der Waals surface area contributed by atoms with E-state index in [4.69, 9.17) is 14.7 Å². The number of unbranched alkanes of at least 4 members (excludes halogenated alkanes) is 1. The van der Waals surface area contributed by atoms with Gasteiger partial charge in [0, 0.05) is 24.8 Å². The summed E-state index contributed by atoms with van der Waals surface area (Å²) in [6, 6.07) is 16.5. The summed E-state index contributed by atoms with van der Waals surface area (Å²) in [5.74, 6) is 2.99. The predicted molar refractivity (Wildman–Crippen MR) is 157 cm³/mol. The van der Waals surface area contributed by atoms with Crippen molar-refractivity contribution in [1.82, 2.24) is 14.9 Å². The third kappa shape index (κ3) is 7.63. The Morgan fingerprint density at radius 3 is 2.62 bits per heavy atom. The predicted octanol–water partition coefficient (Wildman–Crippen LogP) is 5.24. The maximum Gasteiger partial charge on any atom is 0.222 e. The molecule has 0 radical (unpaired) electrons. The van der Waals surface area contributed by atoms with Crippen molar-refractivity contribution >= 4 is 39.4 Å². The van der Waals surface area contributed by atoms with Gasteiger partial charge in [-0.3, -0.25) is 4.79 Å². The monoisotopic (exact) mass is 615 g/mol. The number of carbonyl (C=O) groups excluding carboxylic acids is 1. The SMILES string of the molecule is C[NH2+]CCCCC1CC[C@@H]1c1nc(CN(C)C(=O)CCCc2ccc(OCI)cc2)nc2ccccc12. The van der Waals surface area contributed by atoms with Crippen molar-refractivity contribution in [3.05, 3.63) is 65.6 Å². The van der Waals surface area contributed by atoms with Crippen LogP contribution in [-0.4, -0.2) is 46.0 Å². The van der Waals surface area contributed by atoms with Crippen LogP contribution >= 0.6 is 22.6 Å². The molecule has 2 atom stereocenters.